The number of rotatable bonds is 7. The number of hydrogen-bond donors (Lipinski definition) is 1. The Labute approximate surface area is 174 Å². The zero-order valence-electron chi connectivity index (χ0n) is 16.6. The highest BCUT2D eigenvalue weighted by atomic mass is 32.1. The van der Waals surface area contributed by atoms with E-state index in [4.69, 9.17) is 4.98 Å². The Morgan fingerprint density at radius 1 is 1.14 bits per heavy atom. The van der Waals surface area contributed by atoms with Gasteiger partial charge >= 0.3 is 0 Å². The van der Waals surface area contributed by atoms with E-state index in [-0.39, 0.29) is 17.9 Å². The first-order chi connectivity index (χ1) is 14.2. The molecule has 4 aromatic rings. The molecule has 4 rings (SSSR count). The molecule has 0 fully saturated rings. The van der Waals surface area contributed by atoms with Crippen LogP contribution in [0, 0.1) is 5.92 Å². The number of carbonyl (C=O) groups is 1. The second kappa shape index (κ2) is 8.57. The lowest BCUT2D eigenvalue weighted by molar-refractivity contribution is -0.125. The van der Waals surface area contributed by atoms with Gasteiger partial charge in [-0.25, -0.2) is 4.98 Å². The molecule has 0 saturated heterocycles. The lowest BCUT2D eigenvalue weighted by Crippen LogP contribution is -2.35. The van der Waals surface area contributed by atoms with Crippen molar-refractivity contribution >= 4 is 28.3 Å². The number of benzene rings is 1. The Morgan fingerprint density at radius 3 is 2.66 bits per heavy atom. The van der Waals surface area contributed by atoms with Crippen LogP contribution in [0.3, 0.4) is 0 Å². The zero-order valence-corrected chi connectivity index (χ0v) is 17.4. The topological polar surface area (TPSA) is 59.8 Å². The summed E-state index contributed by atoms with van der Waals surface area (Å²) in [5.74, 6) is 0.844. The standard InChI is InChI=1S/C23H24N4OS/c1-3-21-25-18-7-4-5-8-19(18)27(21)15-16(2)23(28)26-22(20-9-6-14-29-20)17-10-12-24-13-11-17/h4-14,16,22H,3,15H2,1-2H3,(H,26,28)/t16-,22+/m0/s1. The first-order valence-corrected chi connectivity index (χ1v) is 10.7. The van der Waals surface area contributed by atoms with Crippen molar-refractivity contribution in [2.24, 2.45) is 5.92 Å². The van der Waals surface area contributed by atoms with Crippen molar-refractivity contribution in [1.82, 2.24) is 19.9 Å². The second-order valence-corrected chi connectivity index (χ2v) is 8.10. The van der Waals surface area contributed by atoms with Gasteiger partial charge in [0.2, 0.25) is 5.91 Å². The average Bonchev–Trinajstić information content (AvgIpc) is 3.41. The number of thiophene rings is 1. The maximum Gasteiger partial charge on any atom is 0.225 e. The Kier molecular flexibility index (Phi) is 5.71. The molecular formula is C23H24N4OS. The van der Waals surface area contributed by atoms with Crippen LogP contribution in [0.1, 0.15) is 36.2 Å². The summed E-state index contributed by atoms with van der Waals surface area (Å²) < 4.78 is 2.17. The van der Waals surface area contributed by atoms with Gasteiger partial charge in [0.15, 0.2) is 0 Å². The molecule has 0 unspecified atom stereocenters. The predicted octanol–water partition coefficient (Wildman–Crippen LogP) is 4.60. The highest BCUT2D eigenvalue weighted by Gasteiger charge is 2.23. The zero-order chi connectivity index (χ0) is 20.2. The van der Waals surface area contributed by atoms with Crippen molar-refractivity contribution < 1.29 is 4.79 Å². The molecule has 148 valence electrons. The summed E-state index contributed by atoms with van der Waals surface area (Å²) in [7, 11) is 0. The molecule has 0 aliphatic heterocycles. The number of nitrogens with zero attached hydrogens (tertiary/aromatic N) is 3. The van der Waals surface area contributed by atoms with Gasteiger partial charge in [0.25, 0.3) is 0 Å². The number of pyridine rings is 1. The van der Waals surface area contributed by atoms with Gasteiger partial charge in [-0.15, -0.1) is 11.3 Å². The van der Waals surface area contributed by atoms with Gasteiger partial charge in [-0.2, -0.15) is 0 Å². The maximum absolute atomic E-state index is 13.1. The van der Waals surface area contributed by atoms with Gasteiger partial charge in [0.1, 0.15) is 5.82 Å². The Bertz CT molecular complexity index is 1090. The van der Waals surface area contributed by atoms with Crippen LogP contribution < -0.4 is 5.32 Å². The minimum atomic E-state index is -0.192. The van der Waals surface area contributed by atoms with Gasteiger partial charge in [-0.1, -0.05) is 32.0 Å². The lowest BCUT2D eigenvalue weighted by Gasteiger charge is -2.21. The molecule has 3 heterocycles. The molecule has 2 atom stereocenters. The molecule has 3 aromatic heterocycles. The second-order valence-electron chi connectivity index (χ2n) is 7.12. The van der Waals surface area contributed by atoms with E-state index in [0.717, 1.165) is 33.7 Å². The van der Waals surface area contributed by atoms with Gasteiger partial charge in [0.05, 0.1) is 23.0 Å². The third-order valence-corrected chi connectivity index (χ3v) is 6.04. The van der Waals surface area contributed by atoms with E-state index in [0.29, 0.717) is 6.54 Å². The molecule has 5 nitrogen and oxygen atoms in total. The van der Waals surface area contributed by atoms with E-state index in [2.05, 4.69) is 33.9 Å². The molecule has 1 N–H and O–H groups in total. The SMILES string of the molecule is CCc1nc2ccccc2n1C[C@H](C)C(=O)N[C@H](c1ccncc1)c1cccs1. The maximum atomic E-state index is 13.1. The summed E-state index contributed by atoms with van der Waals surface area (Å²) in [5, 5.41) is 5.28. The molecule has 6 heteroatoms. The van der Waals surface area contributed by atoms with E-state index in [1.54, 1.807) is 23.7 Å². The van der Waals surface area contributed by atoms with Crippen molar-refractivity contribution in [3.8, 4) is 0 Å². The van der Waals surface area contributed by atoms with Gasteiger partial charge in [0, 0.05) is 30.2 Å². The van der Waals surface area contributed by atoms with Gasteiger partial charge < -0.3 is 9.88 Å². The third-order valence-electron chi connectivity index (χ3n) is 5.11. The van der Waals surface area contributed by atoms with Crippen molar-refractivity contribution in [2.75, 3.05) is 0 Å². The van der Waals surface area contributed by atoms with Crippen molar-refractivity contribution in [3.05, 3.63) is 82.6 Å². The number of nitrogens with one attached hydrogen (secondary N) is 1. The molecule has 0 radical (unpaired) electrons. The first-order valence-electron chi connectivity index (χ1n) is 9.85. The number of aryl methyl sites for hydroxylation is 1. The van der Waals surface area contributed by atoms with Crippen LogP contribution in [0.4, 0.5) is 0 Å². The third kappa shape index (κ3) is 4.07. The van der Waals surface area contributed by atoms with E-state index in [1.165, 1.54) is 0 Å². The van der Waals surface area contributed by atoms with Crippen LogP contribution in [0.25, 0.3) is 11.0 Å². The number of para-hydroxylation sites is 2. The van der Waals surface area contributed by atoms with E-state index in [1.807, 2.05) is 48.7 Å². The molecule has 0 saturated carbocycles. The molecule has 1 aromatic carbocycles. The van der Waals surface area contributed by atoms with E-state index in [9.17, 15) is 4.79 Å². The monoisotopic (exact) mass is 404 g/mol. The number of hydrogen-bond acceptors (Lipinski definition) is 4. The fourth-order valence-corrected chi connectivity index (χ4v) is 4.37. The summed E-state index contributed by atoms with van der Waals surface area (Å²) in [4.78, 5) is 23.1. The Hall–Kier alpha value is -2.99. The molecule has 0 aliphatic carbocycles. The minimum Gasteiger partial charge on any atom is -0.344 e. The van der Waals surface area contributed by atoms with Crippen molar-refractivity contribution in [2.45, 2.75) is 32.9 Å². The molecule has 29 heavy (non-hydrogen) atoms. The van der Waals surface area contributed by atoms with E-state index >= 15 is 0 Å². The summed E-state index contributed by atoms with van der Waals surface area (Å²) in [5.41, 5.74) is 3.09. The fraction of sp³-hybridized carbons (Fsp3) is 0.261. The summed E-state index contributed by atoms with van der Waals surface area (Å²) in [6.07, 6.45) is 4.35. The molecule has 1 amide bonds. The Morgan fingerprint density at radius 2 is 1.93 bits per heavy atom. The summed E-state index contributed by atoms with van der Waals surface area (Å²) in [6.45, 7) is 4.67. The van der Waals surface area contributed by atoms with Crippen LogP contribution in [0.5, 0.6) is 0 Å². The number of imidazole rings is 1. The Balaban J connectivity index is 1.56. The predicted molar refractivity (Wildman–Crippen MR) is 117 cm³/mol. The fourth-order valence-electron chi connectivity index (χ4n) is 3.57. The summed E-state index contributed by atoms with van der Waals surface area (Å²) in [6, 6.07) is 15.9. The number of aromatic nitrogens is 3. The molecule has 0 spiro atoms. The normalized spacial score (nSPS) is 13.3. The van der Waals surface area contributed by atoms with Crippen molar-refractivity contribution in [3.63, 3.8) is 0 Å². The van der Waals surface area contributed by atoms with Crippen molar-refractivity contribution in [1.29, 1.82) is 0 Å². The van der Waals surface area contributed by atoms with Crippen LogP contribution in [-0.4, -0.2) is 20.4 Å². The quantitative estimate of drug-likeness (QED) is 0.490. The average molecular weight is 405 g/mol. The van der Waals surface area contributed by atoms with Crippen LogP contribution in [0.2, 0.25) is 0 Å². The largest absolute Gasteiger partial charge is 0.344 e. The number of amides is 1. The smallest absolute Gasteiger partial charge is 0.225 e. The van der Waals surface area contributed by atoms with Crippen LogP contribution >= 0.6 is 11.3 Å². The van der Waals surface area contributed by atoms with Gasteiger partial charge in [-0.3, -0.25) is 9.78 Å². The summed E-state index contributed by atoms with van der Waals surface area (Å²) >= 11 is 1.64. The number of fused-ring (bicyclic) bond motifs is 1. The lowest BCUT2D eigenvalue weighted by atomic mass is 10.0. The molecular weight excluding hydrogens is 380 g/mol. The minimum absolute atomic E-state index is 0.0278. The molecule has 0 aliphatic rings. The first kappa shape index (κ1) is 19.3. The van der Waals surface area contributed by atoms with Gasteiger partial charge in [-0.05, 0) is 41.3 Å². The number of carbonyl (C=O) groups excluding carboxylic acids is 1. The highest BCUT2D eigenvalue weighted by molar-refractivity contribution is 7.10. The molecule has 0 bridgehead atoms. The highest BCUT2D eigenvalue weighted by Crippen LogP contribution is 2.26. The van der Waals surface area contributed by atoms with E-state index < -0.39 is 0 Å². The van der Waals surface area contributed by atoms with Crippen LogP contribution in [0.15, 0.2) is 66.3 Å². The van der Waals surface area contributed by atoms with Crippen LogP contribution in [-0.2, 0) is 17.8 Å².